The van der Waals surface area contributed by atoms with Crippen LogP contribution in [0.3, 0.4) is 0 Å². The van der Waals surface area contributed by atoms with Gasteiger partial charge in [-0.3, -0.25) is 14.2 Å². The van der Waals surface area contributed by atoms with Crippen molar-refractivity contribution in [1.29, 1.82) is 0 Å². The van der Waals surface area contributed by atoms with Gasteiger partial charge in [0, 0.05) is 25.2 Å². The normalized spacial score (nSPS) is 15.1. The molecule has 0 spiro atoms. The number of amides is 1. The summed E-state index contributed by atoms with van der Waals surface area (Å²) in [5, 5.41) is 10.2. The number of fused-ring (bicyclic) bond motifs is 1. The zero-order valence-electron chi connectivity index (χ0n) is 20.1. The lowest BCUT2D eigenvalue weighted by molar-refractivity contribution is -0.134. The molecule has 3 heterocycles. The Morgan fingerprint density at radius 3 is 2.39 bits per heavy atom. The standard InChI is InChI=1S/C27H23F3N4O4/c28-17-12-20-25(31-15-17)33(19-6-7-21(29)22(30)13-19)27(38)34(26(20)37)18-8-10-32(11-9-18)24(36)14-23(35)16-4-2-1-3-5-16/h1-7,12-13,15,18,23,35H,8-11,14H2/t23-/m1/s1. The van der Waals surface area contributed by atoms with Crippen LogP contribution in [0.25, 0.3) is 16.7 Å². The molecule has 0 unspecified atom stereocenters. The lowest BCUT2D eigenvalue weighted by Crippen LogP contribution is -2.47. The number of likely N-dealkylation sites (tertiary alicyclic amines) is 1. The summed E-state index contributed by atoms with van der Waals surface area (Å²) in [5.41, 5.74) is -1.24. The minimum Gasteiger partial charge on any atom is -0.388 e. The van der Waals surface area contributed by atoms with Gasteiger partial charge in [-0.2, -0.15) is 0 Å². The number of pyridine rings is 1. The first-order valence-electron chi connectivity index (χ1n) is 12.0. The van der Waals surface area contributed by atoms with Gasteiger partial charge in [0.15, 0.2) is 17.3 Å². The van der Waals surface area contributed by atoms with Crippen LogP contribution in [0.2, 0.25) is 0 Å². The summed E-state index contributed by atoms with van der Waals surface area (Å²) >= 11 is 0. The van der Waals surface area contributed by atoms with Gasteiger partial charge in [-0.05, 0) is 36.6 Å². The van der Waals surface area contributed by atoms with Crippen molar-refractivity contribution in [3.05, 3.63) is 105 Å². The third kappa shape index (κ3) is 4.72. The van der Waals surface area contributed by atoms with Crippen LogP contribution >= 0.6 is 0 Å². The lowest BCUT2D eigenvalue weighted by Gasteiger charge is -2.33. The molecule has 1 N–H and O–H groups in total. The second-order valence-electron chi connectivity index (χ2n) is 9.16. The van der Waals surface area contributed by atoms with Crippen LogP contribution in [0.1, 0.15) is 37.0 Å². The summed E-state index contributed by atoms with van der Waals surface area (Å²) in [7, 11) is 0. The van der Waals surface area contributed by atoms with Gasteiger partial charge in [-0.15, -0.1) is 0 Å². The fraction of sp³-hybridized carbons (Fsp3) is 0.259. The zero-order valence-corrected chi connectivity index (χ0v) is 20.1. The number of carbonyl (C=O) groups is 1. The molecule has 0 aliphatic carbocycles. The Balaban J connectivity index is 1.45. The maximum absolute atomic E-state index is 14.0. The van der Waals surface area contributed by atoms with Gasteiger partial charge in [0.25, 0.3) is 5.56 Å². The summed E-state index contributed by atoms with van der Waals surface area (Å²) in [5.74, 6) is -3.38. The summed E-state index contributed by atoms with van der Waals surface area (Å²) in [6.45, 7) is 0.447. The van der Waals surface area contributed by atoms with Gasteiger partial charge < -0.3 is 10.0 Å². The van der Waals surface area contributed by atoms with Crippen molar-refractivity contribution in [3.63, 3.8) is 0 Å². The van der Waals surface area contributed by atoms with Crippen molar-refractivity contribution in [2.45, 2.75) is 31.4 Å². The number of aliphatic hydroxyl groups excluding tert-OH is 1. The van der Waals surface area contributed by atoms with E-state index in [9.17, 15) is 32.7 Å². The Bertz CT molecular complexity index is 1630. The molecule has 2 aromatic heterocycles. The van der Waals surface area contributed by atoms with Crippen LogP contribution in [0.15, 0.2) is 70.4 Å². The van der Waals surface area contributed by atoms with Crippen LogP contribution in [-0.4, -0.2) is 43.1 Å². The molecule has 8 nitrogen and oxygen atoms in total. The van der Waals surface area contributed by atoms with Crippen molar-refractivity contribution in [1.82, 2.24) is 19.0 Å². The largest absolute Gasteiger partial charge is 0.388 e. The van der Waals surface area contributed by atoms with Crippen LogP contribution in [0.4, 0.5) is 13.2 Å². The molecular formula is C27H23F3N4O4. The van der Waals surface area contributed by atoms with E-state index in [4.69, 9.17) is 0 Å². The molecule has 0 bridgehead atoms. The summed E-state index contributed by atoms with van der Waals surface area (Å²) in [4.78, 5) is 45.1. The predicted octanol–water partition coefficient (Wildman–Crippen LogP) is 3.25. The van der Waals surface area contributed by atoms with Crippen LogP contribution in [-0.2, 0) is 4.79 Å². The fourth-order valence-corrected chi connectivity index (χ4v) is 4.82. The quantitative estimate of drug-likeness (QED) is 0.432. The van der Waals surface area contributed by atoms with Crippen molar-refractivity contribution < 1.29 is 23.1 Å². The molecule has 1 amide bonds. The van der Waals surface area contributed by atoms with Crippen molar-refractivity contribution in [2.75, 3.05) is 13.1 Å². The first-order chi connectivity index (χ1) is 18.2. The molecule has 1 aliphatic heterocycles. The van der Waals surface area contributed by atoms with Gasteiger partial charge in [0.1, 0.15) is 5.82 Å². The molecule has 2 aromatic carbocycles. The van der Waals surface area contributed by atoms with E-state index in [0.717, 1.165) is 33.5 Å². The minimum atomic E-state index is -1.20. The highest BCUT2D eigenvalue weighted by atomic mass is 19.2. The second kappa shape index (κ2) is 10.3. The number of aliphatic hydroxyl groups is 1. The Kier molecular flexibility index (Phi) is 6.85. The molecule has 11 heteroatoms. The average Bonchev–Trinajstić information content (AvgIpc) is 2.92. The van der Waals surface area contributed by atoms with Gasteiger partial charge in [-0.1, -0.05) is 30.3 Å². The lowest BCUT2D eigenvalue weighted by atomic mass is 10.0. The maximum Gasteiger partial charge on any atom is 0.337 e. The number of piperidine rings is 1. The number of halogens is 3. The highest BCUT2D eigenvalue weighted by Gasteiger charge is 2.29. The topological polar surface area (TPSA) is 97.4 Å². The third-order valence-electron chi connectivity index (χ3n) is 6.79. The maximum atomic E-state index is 14.0. The number of hydrogen-bond donors (Lipinski definition) is 1. The van der Waals surface area contributed by atoms with Crippen molar-refractivity contribution in [3.8, 4) is 5.69 Å². The van der Waals surface area contributed by atoms with Crippen molar-refractivity contribution in [2.24, 2.45) is 0 Å². The zero-order chi connectivity index (χ0) is 27.0. The molecule has 1 atom stereocenters. The number of benzene rings is 2. The van der Waals surface area contributed by atoms with Crippen LogP contribution in [0, 0.1) is 17.5 Å². The molecular weight excluding hydrogens is 501 g/mol. The first-order valence-corrected chi connectivity index (χ1v) is 12.0. The van der Waals surface area contributed by atoms with E-state index in [1.807, 2.05) is 6.07 Å². The molecule has 38 heavy (non-hydrogen) atoms. The van der Waals surface area contributed by atoms with Crippen molar-refractivity contribution >= 4 is 16.9 Å². The van der Waals surface area contributed by atoms with Gasteiger partial charge in [0.2, 0.25) is 5.91 Å². The predicted molar refractivity (Wildman–Crippen MR) is 132 cm³/mol. The highest BCUT2D eigenvalue weighted by Crippen LogP contribution is 2.24. The number of nitrogens with zero attached hydrogens (tertiary/aromatic N) is 4. The molecule has 0 saturated carbocycles. The van der Waals surface area contributed by atoms with E-state index in [0.29, 0.717) is 5.56 Å². The van der Waals surface area contributed by atoms with Gasteiger partial charge in [0.05, 0.1) is 29.8 Å². The van der Waals surface area contributed by atoms with E-state index < -0.39 is 40.8 Å². The highest BCUT2D eigenvalue weighted by molar-refractivity contribution is 5.77. The van der Waals surface area contributed by atoms with E-state index >= 15 is 0 Å². The van der Waals surface area contributed by atoms with Crippen LogP contribution in [0.5, 0.6) is 0 Å². The van der Waals surface area contributed by atoms with E-state index in [2.05, 4.69) is 4.98 Å². The van der Waals surface area contributed by atoms with Gasteiger partial charge >= 0.3 is 5.69 Å². The molecule has 1 saturated heterocycles. The average molecular weight is 524 g/mol. The Morgan fingerprint density at radius 2 is 1.71 bits per heavy atom. The van der Waals surface area contributed by atoms with E-state index in [-0.39, 0.29) is 55.0 Å². The molecule has 4 aromatic rings. The second-order valence-corrected chi connectivity index (χ2v) is 9.16. The van der Waals surface area contributed by atoms with E-state index in [1.165, 1.54) is 6.07 Å². The first kappa shape index (κ1) is 25.4. The molecule has 196 valence electrons. The molecule has 0 radical (unpaired) electrons. The Labute approximate surface area is 214 Å². The summed E-state index contributed by atoms with van der Waals surface area (Å²) in [6, 6.07) is 11.9. The summed E-state index contributed by atoms with van der Waals surface area (Å²) < 4.78 is 43.5. The summed E-state index contributed by atoms with van der Waals surface area (Å²) in [6.07, 6.45) is 0.243. The van der Waals surface area contributed by atoms with Crippen LogP contribution < -0.4 is 11.2 Å². The van der Waals surface area contributed by atoms with Gasteiger partial charge in [-0.25, -0.2) is 27.5 Å². The minimum absolute atomic E-state index is 0.0747. The van der Waals surface area contributed by atoms with E-state index in [1.54, 1.807) is 29.2 Å². The molecule has 1 fully saturated rings. The Morgan fingerprint density at radius 1 is 1.00 bits per heavy atom. The SMILES string of the molecule is O=C(C[C@@H](O)c1ccccc1)N1CCC(n2c(=O)c3cc(F)cnc3n(-c3ccc(F)c(F)c3)c2=O)CC1. The number of hydrogen-bond acceptors (Lipinski definition) is 5. The number of aromatic nitrogens is 3. The monoisotopic (exact) mass is 524 g/mol. The third-order valence-corrected chi connectivity index (χ3v) is 6.79. The smallest absolute Gasteiger partial charge is 0.337 e. The number of carbonyl (C=O) groups excluding carboxylic acids is 1. The number of rotatable bonds is 5. The fourth-order valence-electron chi connectivity index (χ4n) is 4.82. The Hall–Kier alpha value is -4.25. The molecule has 1 aliphatic rings. The molecule has 5 rings (SSSR count).